The number of primary amides is 1. The molecule has 0 saturated carbocycles. The molecule has 1 amide bonds. The average molecular weight is 490 g/mol. The number of aliphatic hydroxyl groups excluding tert-OH is 2. The van der Waals surface area contributed by atoms with E-state index in [0.29, 0.717) is 13.1 Å². The molecule has 0 aromatic heterocycles. The molecule has 0 aromatic rings. The van der Waals surface area contributed by atoms with Crippen molar-refractivity contribution in [3.05, 3.63) is 12.2 Å². The monoisotopic (exact) mass is 489 g/mol. The number of nitrogens with zero attached hydrogens (tertiary/aromatic N) is 3. The van der Waals surface area contributed by atoms with Crippen LogP contribution in [0.3, 0.4) is 0 Å². The van der Waals surface area contributed by atoms with E-state index in [0.717, 1.165) is 0 Å². The molecular formula is C20H35N5O9. The van der Waals surface area contributed by atoms with Gasteiger partial charge >= 0.3 is 17.9 Å². The third kappa shape index (κ3) is 8.30. The molecule has 1 rings (SSSR count). The van der Waals surface area contributed by atoms with E-state index >= 15 is 0 Å². The van der Waals surface area contributed by atoms with Gasteiger partial charge < -0.3 is 36.6 Å². The molecule has 1 unspecified atom stereocenters. The van der Waals surface area contributed by atoms with Crippen LogP contribution in [0, 0.1) is 5.92 Å². The van der Waals surface area contributed by atoms with Crippen LogP contribution in [0.25, 0.3) is 0 Å². The third-order valence-corrected chi connectivity index (χ3v) is 5.90. The summed E-state index contributed by atoms with van der Waals surface area (Å²) in [6.07, 6.45) is 0. The van der Waals surface area contributed by atoms with Gasteiger partial charge in [0.15, 0.2) is 0 Å². The highest BCUT2D eigenvalue weighted by Crippen LogP contribution is 2.33. The summed E-state index contributed by atoms with van der Waals surface area (Å²) < 4.78 is 0. The smallest absolute Gasteiger partial charge is 0.317 e. The van der Waals surface area contributed by atoms with E-state index in [2.05, 4.69) is 11.9 Å². The Hall–Kier alpha value is -2.62. The summed E-state index contributed by atoms with van der Waals surface area (Å²) in [5, 5.41) is 51.4. The van der Waals surface area contributed by atoms with Gasteiger partial charge in [-0.05, 0) is 0 Å². The van der Waals surface area contributed by atoms with Gasteiger partial charge in [0.2, 0.25) is 5.91 Å². The van der Waals surface area contributed by atoms with Crippen molar-refractivity contribution < 1.29 is 44.7 Å². The third-order valence-electron chi connectivity index (χ3n) is 5.90. The first-order chi connectivity index (χ1) is 16.0. The van der Waals surface area contributed by atoms with Crippen molar-refractivity contribution >= 4 is 23.8 Å². The van der Waals surface area contributed by atoms with Crippen molar-refractivity contribution in [1.29, 1.82) is 0 Å². The molecule has 1 aliphatic heterocycles. The quantitative estimate of drug-likeness (QED) is 0.138. The van der Waals surface area contributed by atoms with E-state index in [1.165, 1.54) is 9.80 Å². The number of nitrogens with two attached hydrogens (primary N) is 1. The Morgan fingerprint density at radius 2 is 1.35 bits per heavy atom. The molecule has 1 heterocycles. The van der Waals surface area contributed by atoms with E-state index in [1.807, 2.05) is 0 Å². The minimum atomic E-state index is -1.72. The van der Waals surface area contributed by atoms with Crippen LogP contribution < -0.4 is 11.1 Å². The fraction of sp³-hybridized carbons (Fsp3) is 0.700. The number of carboxylic acid groups (broad SMARTS) is 3. The van der Waals surface area contributed by atoms with Crippen molar-refractivity contribution in [1.82, 2.24) is 20.0 Å². The summed E-state index contributed by atoms with van der Waals surface area (Å²) in [6.45, 7) is 1.84. The number of carbonyl (C=O) groups is 4. The van der Waals surface area contributed by atoms with Gasteiger partial charge in [-0.25, -0.2) is 0 Å². The zero-order valence-corrected chi connectivity index (χ0v) is 19.1. The van der Waals surface area contributed by atoms with Gasteiger partial charge in [0.1, 0.15) is 0 Å². The second kappa shape index (κ2) is 13.9. The van der Waals surface area contributed by atoms with Crippen LogP contribution in [-0.2, 0) is 19.2 Å². The predicted molar refractivity (Wildman–Crippen MR) is 119 cm³/mol. The Morgan fingerprint density at radius 1 is 0.853 bits per heavy atom. The van der Waals surface area contributed by atoms with Gasteiger partial charge in [0, 0.05) is 57.3 Å². The second-order valence-electron chi connectivity index (χ2n) is 8.17. The van der Waals surface area contributed by atoms with Gasteiger partial charge in [-0.1, -0.05) is 6.58 Å². The Morgan fingerprint density at radius 3 is 1.85 bits per heavy atom. The Labute approximate surface area is 197 Å². The van der Waals surface area contributed by atoms with Crippen molar-refractivity contribution in [2.75, 3.05) is 78.7 Å². The first-order valence-corrected chi connectivity index (χ1v) is 10.7. The molecule has 194 valence electrons. The highest BCUT2D eigenvalue weighted by atomic mass is 16.4. The van der Waals surface area contributed by atoms with Crippen LogP contribution in [0.2, 0.25) is 0 Å². The van der Waals surface area contributed by atoms with E-state index in [4.69, 9.17) is 5.73 Å². The summed E-state index contributed by atoms with van der Waals surface area (Å²) in [4.78, 5) is 51.2. The van der Waals surface area contributed by atoms with Crippen molar-refractivity contribution in [2.24, 2.45) is 11.7 Å². The molecule has 1 saturated heterocycles. The zero-order valence-electron chi connectivity index (χ0n) is 19.1. The lowest BCUT2D eigenvalue weighted by atomic mass is 9.75. The maximum atomic E-state index is 12.3. The molecule has 0 aliphatic carbocycles. The van der Waals surface area contributed by atoms with Crippen LogP contribution in [0.1, 0.15) is 0 Å². The molecule has 34 heavy (non-hydrogen) atoms. The Balaban J connectivity index is 3.62. The van der Waals surface area contributed by atoms with Gasteiger partial charge in [-0.2, -0.15) is 0 Å². The molecule has 1 aliphatic rings. The Bertz CT molecular complexity index is 746. The average Bonchev–Trinajstić information content (AvgIpc) is 2.73. The minimum absolute atomic E-state index is 0.0228. The van der Waals surface area contributed by atoms with Gasteiger partial charge in [-0.3, -0.25) is 33.9 Å². The lowest BCUT2D eigenvalue weighted by Gasteiger charge is -2.50. The molecule has 0 aromatic carbocycles. The van der Waals surface area contributed by atoms with Crippen LogP contribution in [0.4, 0.5) is 0 Å². The van der Waals surface area contributed by atoms with Crippen molar-refractivity contribution in [3.63, 3.8) is 0 Å². The largest absolute Gasteiger partial charge is 0.480 e. The van der Waals surface area contributed by atoms with Crippen molar-refractivity contribution in [2.45, 2.75) is 5.54 Å². The van der Waals surface area contributed by atoms with E-state index in [9.17, 15) is 44.7 Å². The number of carboxylic acids is 3. The number of rotatable bonds is 11. The van der Waals surface area contributed by atoms with E-state index in [1.54, 1.807) is 4.90 Å². The number of aliphatic hydroxyl groups is 2. The van der Waals surface area contributed by atoms with Crippen LogP contribution in [0.5, 0.6) is 0 Å². The maximum absolute atomic E-state index is 12.3. The summed E-state index contributed by atoms with van der Waals surface area (Å²) in [7, 11) is 0. The maximum Gasteiger partial charge on any atom is 0.317 e. The number of amides is 1. The van der Waals surface area contributed by atoms with Crippen molar-refractivity contribution in [3.8, 4) is 0 Å². The number of aliphatic carboxylic acids is 3. The summed E-state index contributed by atoms with van der Waals surface area (Å²) in [5.41, 5.74) is 3.53. The zero-order chi connectivity index (χ0) is 25.9. The summed E-state index contributed by atoms with van der Waals surface area (Å²) in [6, 6.07) is 0. The lowest BCUT2D eigenvalue weighted by Crippen LogP contribution is -2.67. The first-order valence-electron chi connectivity index (χ1n) is 10.7. The fourth-order valence-corrected chi connectivity index (χ4v) is 4.24. The normalized spacial score (nSPS) is 22.0. The lowest BCUT2D eigenvalue weighted by molar-refractivity contribution is -0.144. The number of hydrogen-bond donors (Lipinski definition) is 7. The minimum Gasteiger partial charge on any atom is -0.480 e. The number of nitrogens with one attached hydrogen (secondary N) is 1. The molecule has 0 spiro atoms. The first kappa shape index (κ1) is 29.4. The van der Waals surface area contributed by atoms with Crippen LogP contribution in [-0.4, -0.2) is 148 Å². The van der Waals surface area contributed by atoms with Gasteiger partial charge in [-0.15, -0.1) is 0 Å². The number of hydrogen-bond acceptors (Lipinski definition) is 10. The van der Waals surface area contributed by atoms with Gasteiger partial charge in [0.25, 0.3) is 0 Å². The topological polar surface area (TPSA) is 217 Å². The summed E-state index contributed by atoms with van der Waals surface area (Å²) >= 11 is 0. The number of carbonyl (C=O) groups excluding carboxylic acids is 1. The molecule has 8 N–H and O–H groups in total. The second-order valence-corrected chi connectivity index (χ2v) is 8.17. The van der Waals surface area contributed by atoms with Crippen LogP contribution in [0.15, 0.2) is 12.2 Å². The molecule has 14 heteroatoms. The van der Waals surface area contributed by atoms with E-state index in [-0.39, 0.29) is 44.8 Å². The fourth-order valence-electron chi connectivity index (χ4n) is 4.24. The van der Waals surface area contributed by atoms with Crippen LogP contribution >= 0.6 is 0 Å². The standard InChI is InChI=1S/C20H35N5O9/c1-14(19(21)34)20(15(11-26)12-27)13-24(9-17(30)31)7-6-23(8-16(28)29)4-2-22-3-5-25(20)10-18(32)33/h15,22,26-27H,1-13H2,(H2,21,34)(H,28,29)(H,30,31)(H,32,33). The molecule has 1 atom stereocenters. The SMILES string of the molecule is C=C(C(N)=O)C1(C(CO)CO)CN(CC(=O)O)CCN(CC(=O)O)CCNCCN1CC(=O)O. The van der Waals surface area contributed by atoms with E-state index < -0.39 is 61.6 Å². The molecule has 1 fully saturated rings. The molecule has 0 radical (unpaired) electrons. The van der Waals surface area contributed by atoms with Gasteiger partial charge in [0.05, 0.1) is 38.4 Å². The molecule has 0 bridgehead atoms. The molecule has 14 nitrogen and oxygen atoms in total. The highest BCUT2D eigenvalue weighted by molar-refractivity contribution is 5.94. The predicted octanol–water partition coefficient (Wildman–Crippen LogP) is -3.87. The highest BCUT2D eigenvalue weighted by Gasteiger charge is 2.49. The molecular weight excluding hydrogens is 454 g/mol. The summed E-state index contributed by atoms with van der Waals surface area (Å²) in [5.74, 6) is -5.64. The Kier molecular flexibility index (Phi) is 12.1.